The molecule has 0 rings (SSSR count). The molecule has 0 aliphatic carbocycles. The van der Waals surface area contributed by atoms with E-state index < -0.39 is 26.6 Å². The predicted octanol–water partition coefficient (Wildman–Crippen LogP) is 16.5. The summed E-state index contributed by atoms with van der Waals surface area (Å²) in [5.74, 6) is -0.573. The van der Waals surface area contributed by atoms with Crippen LogP contribution < -0.4 is 10.2 Å². The Hall–Kier alpha value is -2.29. The second-order valence-electron chi connectivity index (χ2n) is 20.4. The summed E-state index contributed by atoms with van der Waals surface area (Å²) >= 11 is 0. The molecule has 0 radical (unpaired) electrons. The summed E-state index contributed by atoms with van der Waals surface area (Å²) in [4.78, 5) is 39.8. The van der Waals surface area contributed by atoms with Crippen LogP contribution in [-0.2, 0) is 27.9 Å². The number of hydrogen-bond acceptors (Lipinski definition) is 7. The molecule has 3 unspecified atom stereocenters. The molecule has 0 heterocycles. The molecule has 0 saturated carbocycles. The third-order valence-corrected chi connectivity index (χ3v) is 13.4. The van der Waals surface area contributed by atoms with E-state index >= 15 is 0 Å². The van der Waals surface area contributed by atoms with Gasteiger partial charge in [0.1, 0.15) is 19.3 Å². The molecular weight excluding hydrogens is 880 g/mol. The quantitative estimate of drug-likeness (QED) is 0.0212. The number of carbonyl (C=O) groups is 2. The maximum absolute atomic E-state index is 13.5. The smallest absolute Gasteiger partial charge is 0.306 e. The maximum Gasteiger partial charge on any atom is 0.306 e. The summed E-state index contributed by atoms with van der Waals surface area (Å²) < 4.78 is 30.2. The number of likely N-dealkylation sites (N-methyl/N-ethyl adjacent to an activating group) is 1. The van der Waals surface area contributed by atoms with E-state index in [1.807, 2.05) is 33.3 Å². The third-order valence-electron chi connectivity index (χ3n) is 12.4. The molecule has 0 aromatic carbocycles. The van der Waals surface area contributed by atoms with Crippen molar-refractivity contribution in [2.75, 3.05) is 40.9 Å². The minimum absolute atomic E-state index is 0.0285. The van der Waals surface area contributed by atoms with Crippen molar-refractivity contribution in [2.45, 2.75) is 264 Å². The fraction of sp³-hybridized carbons (Fsp3) is 0.797. The Morgan fingerprint density at radius 3 is 1.42 bits per heavy atom. The fourth-order valence-electron chi connectivity index (χ4n) is 8.00. The Morgan fingerprint density at radius 2 is 0.928 bits per heavy atom. The molecule has 3 atom stereocenters. The van der Waals surface area contributed by atoms with Crippen molar-refractivity contribution in [3.05, 3.63) is 60.8 Å². The van der Waals surface area contributed by atoms with Crippen LogP contribution in [0, 0.1) is 0 Å². The van der Waals surface area contributed by atoms with Gasteiger partial charge in [-0.2, -0.15) is 0 Å². The molecule has 0 aliphatic rings. The molecule has 69 heavy (non-hydrogen) atoms. The lowest BCUT2D eigenvalue weighted by atomic mass is 10.0. The molecule has 1 amide bonds. The zero-order valence-electron chi connectivity index (χ0n) is 45.8. The molecule has 0 aliphatic heterocycles. The Bertz CT molecular complexity index is 1370. The van der Waals surface area contributed by atoms with Gasteiger partial charge in [0.05, 0.1) is 33.8 Å². The molecule has 9 nitrogen and oxygen atoms in total. The van der Waals surface area contributed by atoms with Crippen LogP contribution in [0.5, 0.6) is 0 Å². The van der Waals surface area contributed by atoms with Crippen molar-refractivity contribution < 1.29 is 37.3 Å². The van der Waals surface area contributed by atoms with Crippen molar-refractivity contribution in [3.8, 4) is 0 Å². The van der Waals surface area contributed by atoms with E-state index in [9.17, 15) is 19.0 Å². The van der Waals surface area contributed by atoms with Gasteiger partial charge < -0.3 is 28.5 Å². The molecule has 10 heteroatoms. The van der Waals surface area contributed by atoms with Crippen LogP contribution in [0.1, 0.15) is 252 Å². The SMILES string of the molecule is CC/C=C/C/C=C/C/C=C/CCCCCCCCC(=O)NC(COP(=O)([O-])OCC[N+](C)(C)C)C(/C=C/CCCCCCCCCCCCC)OC(=O)CCCCC/C=C\CCCCCCCCC. The van der Waals surface area contributed by atoms with Crippen molar-refractivity contribution in [3.63, 3.8) is 0 Å². The topological polar surface area (TPSA) is 114 Å². The van der Waals surface area contributed by atoms with Crippen LogP contribution in [0.3, 0.4) is 0 Å². The van der Waals surface area contributed by atoms with E-state index in [2.05, 4.69) is 74.7 Å². The average molecular weight is 990 g/mol. The predicted molar refractivity (Wildman–Crippen MR) is 293 cm³/mol. The molecule has 0 aromatic rings. The van der Waals surface area contributed by atoms with Crippen LogP contribution in [-0.4, -0.2) is 69.4 Å². The molecule has 0 saturated heterocycles. The first kappa shape index (κ1) is 66.7. The first-order valence-corrected chi connectivity index (χ1v) is 30.1. The van der Waals surface area contributed by atoms with Gasteiger partial charge in [-0.25, -0.2) is 0 Å². The lowest BCUT2D eigenvalue weighted by Crippen LogP contribution is -2.47. The molecule has 0 aromatic heterocycles. The number of phosphoric ester groups is 1. The summed E-state index contributed by atoms with van der Waals surface area (Å²) in [6.45, 7) is 6.71. The zero-order valence-corrected chi connectivity index (χ0v) is 46.7. The minimum atomic E-state index is -4.70. The summed E-state index contributed by atoms with van der Waals surface area (Å²) in [6.07, 6.45) is 60.4. The zero-order chi connectivity index (χ0) is 50.8. The van der Waals surface area contributed by atoms with Gasteiger partial charge in [0.15, 0.2) is 0 Å². The van der Waals surface area contributed by atoms with E-state index in [-0.39, 0.29) is 24.9 Å². The number of allylic oxidation sites excluding steroid dienone is 9. The Labute approximate surface area is 426 Å². The second-order valence-corrected chi connectivity index (χ2v) is 21.8. The number of hydrogen-bond donors (Lipinski definition) is 1. The normalized spacial score (nSPS) is 14.2. The summed E-state index contributed by atoms with van der Waals surface area (Å²) in [5, 5.41) is 3.01. The van der Waals surface area contributed by atoms with Gasteiger partial charge in [0, 0.05) is 12.8 Å². The Morgan fingerprint density at radius 1 is 0.522 bits per heavy atom. The van der Waals surface area contributed by atoms with Gasteiger partial charge in [-0.3, -0.25) is 14.2 Å². The highest BCUT2D eigenvalue weighted by Crippen LogP contribution is 2.38. The van der Waals surface area contributed by atoms with Gasteiger partial charge in [-0.15, -0.1) is 0 Å². The van der Waals surface area contributed by atoms with Gasteiger partial charge in [-0.1, -0.05) is 210 Å². The lowest BCUT2D eigenvalue weighted by molar-refractivity contribution is -0.870. The number of quaternary nitrogens is 1. The standard InChI is InChI=1S/C59H109N2O7P/c1-7-10-13-16-19-22-25-28-30-31-33-36-39-42-45-48-51-58(62)60-56(55-67-69(64,65)66-54-53-61(4,5)6)57(50-47-44-41-38-35-32-27-24-21-18-15-12-9-3)68-59(63)52-49-46-43-40-37-34-29-26-23-20-17-14-11-8-2/h10,13,19,22,28,30,34,37,47,50,56-57H,7-9,11-12,14-18,20-21,23-27,29,31-33,35-36,38-46,48-49,51-55H2,1-6H3,(H-,60,62,64,65)/b13-10+,22-19+,30-28+,37-34-,50-47+. The largest absolute Gasteiger partial charge is 0.756 e. The number of phosphoric acid groups is 1. The number of unbranched alkanes of at least 4 members (excludes halogenated alkanes) is 27. The highest BCUT2D eigenvalue weighted by Gasteiger charge is 2.27. The first-order chi connectivity index (χ1) is 33.4. The maximum atomic E-state index is 13.5. The van der Waals surface area contributed by atoms with Crippen molar-refractivity contribution in [1.29, 1.82) is 0 Å². The Balaban J connectivity index is 5.42. The van der Waals surface area contributed by atoms with Crippen LogP contribution in [0.15, 0.2) is 60.8 Å². The first-order valence-electron chi connectivity index (χ1n) is 28.6. The average Bonchev–Trinajstić information content (AvgIpc) is 3.31. The fourth-order valence-corrected chi connectivity index (χ4v) is 8.72. The summed E-state index contributed by atoms with van der Waals surface area (Å²) in [5.41, 5.74) is 0. The van der Waals surface area contributed by atoms with E-state index in [0.29, 0.717) is 23.9 Å². The van der Waals surface area contributed by atoms with Crippen molar-refractivity contribution in [2.24, 2.45) is 0 Å². The molecule has 0 bridgehead atoms. The van der Waals surface area contributed by atoms with Gasteiger partial charge >= 0.3 is 5.97 Å². The summed E-state index contributed by atoms with van der Waals surface area (Å²) in [6, 6.07) is -0.901. The number of rotatable bonds is 51. The highest BCUT2D eigenvalue weighted by atomic mass is 31.2. The van der Waals surface area contributed by atoms with Gasteiger partial charge in [-0.05, 0) is 89.5 Å². The molecular formula is C59H109N2O7P. The number of nitrogens with zero attached hydrogens (tertiary/aromatic N) is 1. The van der Waals surface area contributed by atoms with E-state index in [1.54, 1.807) is 0 Å². The van der Waals surface area contributed by atoms with Crippen molar-refractivity contribution in [1.82, 2.24) is 5.32 Å². The number of amides is 1. The summed E-state index contributed by atoms with van der Waals surface area (Å²) in [7, 11) is 1.16. The van der Waals surface area contributed by atoms with Crippen LogP contribution >= 0.6 is 7.82 Å². The van der Waals surface area contributed by atoms with Gasteiger partial charge in [0.25, 0.3) is 7.82 Å². The van der Waals surface area contributed by atoms with E-state index in [0.717, 1.165) is 109 Å². The molecule has 0 fully saturated rings. The second kappa shape index (κ2) is 49.3. The highest BCUT2D eigenvalue weighted by molar-refractivity contribution is 7.45. The van der Waals surface area contributed by atoms with Gasteiger partial charge in [0.2, 0.25) is 5.91 Å². The van der Waals surface area contributed by atoms with Crippen LogP contribution in [0.4, 0.5) is 0 Å². The lowest BCUT2D eigenvalue weighted by Gasteiger charge is -2.30. The molecule has 0 spiro atoms. The minimum Gasteiger partial charge on any atom is -0.756 e. The number of esters is 1. The van der Waals surface area contributed by atoms with E-state index in [4.69, 9.17) is 13.8 Å². The van der Waals surface area contributed by atoms with Crippen molar-refractivity contribution >= 4 is 19.7 Å². The van der Waals surface area contributed by atoms with E-state index in [1.165, 1.54) is 103 Å². The number of nitrogens with one attached hydrogen (secondary N) is 1. The van der Waals surface area contributed by atoms with Crippen LogP contribution in [0.2, 0.25) is 0 Å². The molecule has 1 N–H and O–H groups in total. The monoisotopic (exact) mass is 989 g/mol. The Kier molecular flexibility index (Phi) is 47.7. The van der Waals surface area contributed by atoms with Crippen LogP contribution in [0.25, 0.3) is 0 Å². The third kappa shape index (κ3) is 50.4. The number of ether oxygens (including phenoxy) is 1. The number of carbonyl (C=O) groups excluding carboxylic acids is 2. The molecule has 402 valence electrons.